The Labute approximate surface area is 118 Å². The molecule has 0 radical (unpaired) electrons. The fourth-order valence-corrected chi connectivity index (χ4v) is 2.81. The molecule has 6 nitrogen and oxygen atoms in total. The van der Waals surface area contributed by atoms with Gasteiger partial charge in [0.1, 0.15) is 11.6 Å². The van der Waals surface area contributed by atoms with Crippen LogP contribution in [0.2, 0.25) is 0 Å². The Morgan fingerprint density at radius 2 is 1.85 bits per heavy atom. The third kappa shape index (κ3) is 2.93. The molecule has 0 fully saturated rings. The van der Waals surface area contributed by atoms with E-state index in [1.165, 1.54) is 19.2 Å². The average Bonchev–Trinajstić information content (AvgIpc) is 2.86. The van der Waals surface area contributed by atoms with Crippen LogP contribution >= 0.6 is 0 Å². The molecule has 0 aliphatic heterocycles. The van der Waals surface area contributed by atoms with Crippen LogP contribution in [0, 0.1) is 0 Å². The van der Waals surface area contributed by atoms with Gasteiger partial charge in [-0.05, 0) is 38.1 Å². The Morgan fingerprint density at radius 1 is 1.20 bits per heavy atom. The van der Waals surface area contributed by atoms with Crippen molar-refractivity contribution in [1.29, 1.82) is 0 Å². The number of ether oxygens (including phenoxy) is 1. The predicted molar refractivity (Wildman–Crippen MR) is 76.4 cm³/mol. The zero-order valence-corrected chi connectivity index (χ0v) is 12.4. The largest absolute Gasteiger partial charge is 0.497 e. The number of methoxy groups -OCH3 is 1. The van der Waals surface area contributed by atoms with Crippen molar-refractivity contribution in [2.75, 3.05) is 11.8 Å². The minimum Gasteiger partial charge on any atom is -0.497 e. The summed E-state index contributed by atoms with van der Waals surface area (Å²) in [7, 11) is -2.10. The summed E-state index contributed by atoms with van der Waals surface area (Å²) in [6, 6.07) is 7.90. The summed E-state index contributed by atoms with van der Waals surface area (Å²) in [5.41, 5.74) is 0. The van der Waals surface area contributed by atoms with Crippen molar-refractivity contribution in [3.05, 3.63) is 36.5 Å². The molecule has 0 aliphatic rings. The SMILES string of the molecule is COc1ccc(S(=O)(=O)Nc2ccnn2C(C)C)cc1. The molecular formula is C13H17N3O3S. The second-order valence-electron chi connectivity index (χ2n) is 4.54. The van der Waals surface area contributed by atoms with Gasteiger partial charge in [0.2, 0.25) is 0 Å². The molecule has 2 rings (SSSR count). The van der Waals surface area contributed by atoms with Gasteiger partial charge in [-0.15, -0.1) is 0 Å². The summed E-state index contributed by atoms with van der Waals surface area (Å²) in [4.78, 5) is 0.176. The number of hydrogen-bond acceptors (Lipinski definition) is 4. The number of benzene rings is 1. The first-order valence-corrected chi connectivity index (χ1v) is 7.63. The van der Waals surface area contributed by atoms with Crippen LogP contribution in [0.1, 0.15) is 19.9 Å². The first-order valence-electron chi connectivity index (χ1n) is 6.14. The number of sulfonamides is 1. The molecule has 108 valence electrons. The molecule has 1 aromatic carbocycles. The molecule has 0 saturated carbocycles. The van der Waals surface area contributed by atoms with Crippen molar-refractivity contribution in [3.8, 4) is 5.75 Å². The first-order chi connectivity index (χ1) is 9.44. The zero-order chi connectivity index (χ0) is 14.8. The molecule has 0 saturated heterocycles. The van der Waals surface area contributed by atoms with E-state index in [4.69, 9.17) is 4.74 Å². The maximum absolute atomic E-state index is 12.3. The quantitative estimate of drug-likeness (QED) is 0.918. The molecule has 7 heteroatoms. The van der Waals surface area contributed by atoms with E-state index in [0.717, 1.165) is 0 Å². The van der Waals surface area contributed by atoms with Gasteiger partial charge in [0.15, 0.2) is 0 Å². The topological polar surface area (TPSA) is 73.2 Å². The van der Waals surface area contributed by atoms with E-state index in [9.17, 15) is 8.42 Å². The van der Waals surface area contributed by atoms with Gasteiger partial charge in [-0.3, -0.25) is 4.72 Å². The highest BCUT2D eigenvalue weighted by molar-refractivity contribution is 7.92. The monoisotopic (exact) mass is 295 g/mol. The summed E-state index contributed by atoms with van der Waals surface area (Å²) < 4.78 is 33.7. The highest BCUT2D eigenvalue weighted by Gasteiger charge is 2.17. The number of rotatable bonds is 5. The van der Waals surface area contributed by atoms with Gasteiger partial charge < -0.3 is 4.74 Å². The summed E-state index contributed by atoms with van der Waals surface area (Å²) >= 11 is 0. The lowest BCUT2D eigenvalue weighted by atomic mass is 10.3. The highest BCUT2D eigenvalue weighted by Crippen LogP contribution is 2.20. The molecule has 2 aromatic rings. The number of aromatic nitrogens is 2. The Kier molecular flexibility index (Phi) is 3.99. The summed E-state index contributed by atoms with van der Waals surface area (Å²) in [6.45, 7) is 3.86. The van der Waals surface area contributed by atoms with Crippen LogP contribution < -0.4 is 9.46 Å². The molecule has 0 spiro atoms. The van der Waals surface area contributed by atoms with Crippen molar-refractivity contribution in [2.45, 2.75) is 24.8 Å². The predicted octanol–water partition coefficient (Wildman–Crippen LogP) is 2.27. The molecule has 0 bridgehead atoms. The van der Waals surface area contributed by atoms with E-state index in [1.807, 2.05) is 13.8 Å². The molecular weight excluding hydrogens is 278 g/mol. The second kappa shape index (κ2) is 5.54. The molecule has 1 heterocycles. The Balaban J connectivity index is 2.28. The van der Waals surface area contributed by atoms with Gasteiger partial charge in [0.25, 0.3) is 10.0 Å². The van der Waals surface area contributed by atoms with Crippen LogP contribution in [0.25, 0.3) is 0 Å². The molecule has 0 atom stereocenters. The number of anilines is 1. The van der Waals surface area contributed by atoms with Crippen molar-refractivity contribution in [2.24, 2.45) is 0 Å². The number of nitrogens with zero attached hydrogens (tertiary/aromatic N) is 2. The van der Waals surface area contributed by atoms with Gasteiger partial charge in [0, 0.05) is 12.1 Å². The lowest BCUT2D eigenvalue weighted by Gasteiger charge is -2.13. The van der Waals surface area contributed by atoms with E-state index in [-0.39, 0.29) is 10.9 Å². The second-order valence-corrected chi connectivity index (χ2v) is 6.22. The smallest absolute Gasteiger partial charge is 0.263 e. The van der Waals surface area contributed by atoms with Gasteiger partial charge in [0.05, 0.1) is 18.2 Å². The van der Waals surface area contributed by atoms with Crippen LogP contribution in [0.15, 0.2) is 41.4 Å². The van der Waals surface area contributed by atoms with Gasteiger partial charge in [-0.1, -0.05) is 0 Å². The minimum absolute atomic E-state index is 0.0681. The molecule has 20 heavy (non-hydrogen) atoms. The summed E-state index contributed by atoms with van der Waals surface area (Å²) in [6.07, 6.45) is 1.56. The van der Waals surface area contributed by atoms with E-state index >= 15 is 0 Å². The molecule has 0 unspecified atom stereocenters. The maximum atomic E-state index is 12.3. The average molecular weight is 295 g/mol. The van der Waals surface area contributed by atoms with Gasteiger partial charge in [-0.2, -0.15) is 5.10 Å². The normalized spacial score (nSPS) is 11.6. The lowest BCUT2D eigenvalue weighted by molar-refractivity contribution is 0.414. The van der Waals surface area contributed by atoms with Crippen LogP contribution in [-0.2, 0) is 10.0 Å². The van der Waals surface area contributed by atoms with Crippen molar-refractivity contribution in [1.82, 2.24) is 9.78 Å². The van der Waals surface area contributed by atoms with Crippen LogP contribution in [0.5, 0.6) is 5.75 Å². The number of nitrogens with one attached hydrogen (secondary N) is 1. The maximum Gasteiger partial charge on any atom is 0.263 e. The van der Waals surface area contributed by atoms with Crippen molar-refractivity contribution >= 4 is 15.8 Å². The minimum atomic E-state index is -3.63. The third-order valence-electron chi connectivity index (χ3n) is 2.77. The van der Waals surface area contributed by atoms with Crippen molar-refractivity contribution < 1.29 is 13.2 Å². The fraction of sp³-hybridized carbons (Fsp3) is 0.308. The van der Waals surface area contributed by atoms with Crippen LogP contribution in [0.3, 0.4) is 0 Å². The molecule has 1 aromatic heterocycles. The van der Waals surface area contributed by atoms with Crippen molar-refractivity contribution in [3.63, 3.8) is 0 Å². The Hall–Kier alpha value is -2.02. The molecule has 1 N–H and O–H groups in total. The summed E-state index contributed by atoms with van der Waals surface area (Å²) in [5.74, 6) is 1.05. The van der Waals surface area contributed by atoms with Crippen LogP contribution in [0.4, 0.5) is 5.82 Å². The third-order valence-corrected chi connectivity index (χ3v) is 4.14. The zero-order valence-electron chi connectivity index (χ0n) is 11.6. The van der Waals surface area contributed by atoms with E-state index < -0.39 is 10.0 Å². The van der Waals surface area contributed by atoms with Gasteiger partial charge >= 0.3 is 0 Å². The Morgan fingerprint density at radius 3 is 2.40 bits per heavy atom. The molecule has 0 aliphatic carbocycles. The van der Waals surface area contributed by atoms with E-state index in [0.29, 0.717) is 11.6 Å². The van der Waals surface area contributed by atoms with E-state index in [2.05, 4.69) is 9.82 Å². The van der Waals surface area contributed by atoms with Gasteiger partial charge in [-0.25, -0.2) is 13.1 Å². The first kappa shape index (κ1) is 14.4. The molecule has 0 amide bonds. The lowest BCUT2D eigenvalue weighted by Crippen LogP contribution is -2.17. The number of hydrogen-bond donors (Lipinski definition) is 1. The summed E-state index contributed by atoms with van der Waals surface area (Å²) in [5, 5.41) is 4.09. The standard InChI is InChI=1S/C13H17N3O3S/c1-10(2)16-13(8-9-14-16)15-20(17,18)12-6-4-11(19-3)5-7-12/h4-10,15H,1-3H3. The fourth-order valence-electron chi connectivity index (χ4n) is 1.76. The highest BCUT2D eigenvalue weighted by atomic mass is 32.2. The Bertz CT molecular complexity index is 675. The van der Waals surface area contributed by atoms with Crippen LogP contribution in [-0.4, -0.2) is 25.3 Å². The van der Waals surface area contributed by atoms with E-state index in [1.54, 1.807) is 29.1 Å².